The van der Waals surface area contributed by atoms with Crippen molar-refractivity contribution in [1.82, 2.24) is 10.6 Å². The van der Waals surface area contributed by atoms with Crippen molar-refractivity contribution in [2.75, 3.05) is 26.4 Å². The Balaban J connectivity index is 0.000000219. The summed E-state index contributed by atoms with van der Waals surface area (Å²) in [4.78, 5) is 47.3. The standard InChI is InChI=1S/C32H37NO6.C29H31NO5S/c1-5-7-24-21-28(38-27-12-8-23(9-13-27)20-22(2)3)16-17-29(24)37-19-6-18-36-26-14-10-25(11-15-26)32(4)30(34)33-31(35)39-32;1-4-7-21-18-25(35-23-12-10-20(2)11-13-23)14-15-26(21)34-17-6-16-33-24-9-5-8-22(19-24)29(3)27(31)30-28(32)36-29/h8-17,21-22H,5-7,18-20H2,1-4H3,(H,33,34,35);5,8-15,18-19H,4,6-7,16-17H2,1-3H3,(H,30,31,32). The van der Waals surface area contributed by atoms with Crippen LogP contribution in [0.25, 0.3) is 0 Å². The average Bonchev–Trinajstić information content (AvgIpc) is 3.83. The Labute approximate surface area is 444 Å². The molecule has 2 N–H and O–H groups in total. The molecule has 0 aliphatic carbocycles. The van der Waals surface area contributed by atoms with Crippen LogP contribution >= 0.6 is 11.8 Å². The number of nitrogens with one attached hydrogen (secondary N) is 2. The molecular weight excluding hydrogens is 969 g/mol. The van der Waals surface area contributed by atoms with Crippen LogP contribution in [0, 0.1) is 12.8 Å². The molecule has 0 spiro atoms. The molecule has 4 amide bonds. The van der Waals surface area contributed by atoms with Gasteiger partial charge in [-0.2, -0.15) is 0 Å². The largest absolute Gasteiger partial charge is 0.493 e. The van der Waals surface area contributed by atoms with Gasteiger partial charge in [0.2, 0.25) is 11.5 Å². The van der Waals surface area contributed by atoms with Gasteiger partial charge in [0.25, 0.3) is 11.1 Å². The van der Waals surface area contributed by atoms with Crippen LogP contribution in [0.1, 0.15) is 101 Å². The van der Waals surface area contributed by atoms with Gasteiger partial charge in [0.15, 0.2) is 0 Å². The first-order valence-corrected chi connectivity index (χ1v) is 26.5. The minimum Gasteiger partial charge on any atom is -0.493 e. The molecule has 0 saturated carbocycles. The van der Waals surface area contributed by atoms with Crippen molar-refractivity contribution in [2.45, 2.75) is 104 Å². The zero-order chi connectivity index (χ0) is 53.4. The zero-order valence-electron chi connectivity index (χ0n) is 44.0. The lowest BCUT2D eigenvalue weighted by molar-refractivity contribution is -0.130. The van der Waals surface area contributed by atoms with Gasteiger partial charge in [0.1, 0.15) is 50.7 Å². The number of cyclic esters (lactones) is 1. The number of carbonyl (C=O) groups excluding carboxylic acids is 4. The molecule has 14 heteroatoms. The highest BCUT2D eigenvalue weighted by Gasteiger charge is 2.47. The lowest BCUT2D eigenvalue weighted by atomic mass is 9.95. The van der Waals surface area contributed by atoms with E-state index in [0.29, 0.717) is 62.2 Å². The van der Waals surface area contributed by atoms with Crippen molar-refractivity contribution in [3.63, 3.8) is 0 Å². The van der Waals surface area contributed by atoms with Crippen LogP contribution in [-0.4, -0.2) is 49.6 Å². The monoisotopic (exact) mass is 1040 g/mol. The van der Waals surface area contributed by atoms with E-state index in [1.807, 2.05) is 91.0 Å². The van der Waals surface area contributed by atoms with Crippen LogP contribution in [0.15, 0.2) is 133 Å². The Bertz CT molecular complexity index is 2890. The SMILES string of the molecule is CCCc1cc(Oc2ccc(C)cc2)ccc1OCCCOc1cccc(C2(C)SC(=O)NC2=O)c1.CCCc1cc(Oc2ccc(CC(C)C)cc2)ccc1OCCCOc1ccc(C2(C)OC(=O)NC2=O)cc1. The van der Waals surface area contributed by atoms with E-state index in [2.05, 4.69) is 63.5 Å². The van der Waals surface area contributed by atoms with E-state index in [9.17, 15) is 19.2 Å². The third kappa shape index (κ3) is 15.3. The van der Waals surface area contributed by atoms with Gasteiger partial charge in [-0.05, 0) is 165 Å². The molecule has 2 heterocycles. The number of hydrogen-bond acceptors (Lipinski definition) is 12. The fourth-order valence-corrected chi connectivity index (χ4v) is 9.33. The highest BCUT2D eigenvalue weighted by molar-refractivity contribution is 8.15. The molecule has 0 aromatic heterocycles. The Morgan fingerprint density at radius 1 is 0.547 bits per heavy atom. The smallest absolute Gasteiger partial charge is 0.415 e. The maximum Gasteiger partial charge on any atom is 0.415 e. The minimum absolute atomic E-state index is 0.304. The molecule has 75 heavy (non-hydrogen) atoms. The molecule has 2 aliphatic heterocycles. The molecule has 0 bridgehead atoms. The Kier molecular flexibility index (Phi) is 19.3. The van der Waals surface area contributed by atoms with Gasteiger partial charge in [-0.25, -0.2) is 4.79 Å². The first-order chi connectivity index (χ1) is 36.1. The van der Waals surface area contributed by atoms with Crippen molar-refractivity contribution in [2.24, 2.45) is 5.92 Å². The van der Waals surface area contributed by atoms with Crippen LogP contribution in [0.5, 0.6) is 46.0 Å². The van der Waals surface area contributed by atoms with Gasteiger partial charge in [-0.1, -0.05) is 94.6 Å². The Morgan fingerprint density at radius 3 is 1.57 bits per heavy atom. The minimum atomic E-state index is -1.32. The lowest BCUT2D eigenvalue weighted by Crippen LogP contribution is -2.33. The van der Waals surface area contributed by atoms with Gasteiger partial charge < -0.3 is 33.2 Å². The summed E-state index contributed by atoms with van der Waals surface area (Å²) in [7, 11) is 0. The number of carbonyl (C=O) groups is 4. The van der Waals surface area contributed by atoms with Crippen molar-refractivity contribution in [3.05, 3.63) is 167 Å². The zero-order valence-corrected chi connectivity index (χ0v) is 44.8. The number of hydrogen-bond donors (Lipinski definition) is 2. The van der Waals surface area contributed by atoms with Crippen LogP contribution in [0.3, 0.4) is 0 Å². The molecule has 2 unspecified atom stereocenters. The normalized spacial score (nSPS) is 16.9. The second kappa shape index (κ2) is 26.2. The third-order valence-corrected chi connectivity index (χ3v) is 13.6. The topological polar surface area (TPSA) is 157 Å². The predicted octanol–water partition coefficient (Wildman–Crippen LogP) is 13.7. The first-order valence-electron chi connectivity index (χ1n) is 25.7. The van der Waals surface area contributed by atoms with E-state index in [1.54, 1.807) is 38.1 Å². The maximum absolute atomic E-state index is 12.2. The fourth-order valence-electron chi connectivity index (χ4n) is 8.43. The molecular formula is C61H68N2O11S. The molecule has 8 rings (SSSR count). The van der Waals surface area contributed by atoms with Gasteiger partial charge in [0.05, 0.1) is 26.4 Å². The first kappa shape index (κ1) is 55.3. The van der Waals surface area contributed by atoms with Gasteiger partial charge in [-0.15, -0.1) is 0 Å². The molecule has 2 atom stereocenters. The van der Waals surface area contributed by atoms with E-state index >= 15 is 0 Å². The van der Waals surface area contributed by atoms with Gasteiger partial charge in [-0.3, -0.25) is 25.0 Å². The third-order valence-electron chi connectivity index (χ3n) is 12.5. The average molecular weight is 1040 g/mol. The van der Waals surface area contributed by atoms with E-state index in [4.69, 9.17) is 33.2 Å². The van der Waals surface area contributed by atoms with Gasteiger partial charge >= 0.3 is 6.09 Å². The summed E-state index contributed by atoms with van der Waals surface area (Å²) in [6.45, 7) is 16.1. The molecule has 394 valence electrons. The Hall–Kier alpha value is -7.45. The number of amides is 4. The molecule has 0 radical (unpaired) electrons. The summed E-state index contributed by atoms with van der Waals surface area (Å²) in [6.07, 6.45) is 5.52. The molecule has 2 saturated heterocycles. The second-order valence-corrected chi connectivity index (χ2v) is 20.6. The van der Waals surface area contributed by atoms with Crippen molar-refractivity contribution < 1.29 is 52.3 Å². The van der Waals surface area contributed by atoms with E-state index in [1.165, 1.54) is 11.1 Å². The number of ether oxygens (including phenoxy) is 7. The highest BCUT2D eigenvalue weighted by atomic mass is 32.2. The molecule has 2 aliphatic rings. The predicted molar refractivity (Wildman–Crippen MR) is 292 cm³/mol. The lowest BCUT2D eigenvalue weighted by Gasteiger charge is -2.19. The maximum atomic E-state index is 12.2. The van der Waals surface area contributed by atoms with E-state index in [-0.39, 0.29) is 11.1 Å². The van der Waals surface area contributed by atoms with Crippen molar-refractivity contribution in [3.8, 4) is 46.0 Å². The Morgan fingerprint density at radius 2 is 1.07 bits per heavy atom. The molecule has 6 aromatic rings. The molecule has 2 fully saturated rings. The van der Waals surface area contributed by atoms with Crippen LogP contribution < -0.4 is 39.1 Å². The summed E-state index contributed by atoms with van der Waals surface area (Å²) in [6, 6.07) is 42.5. The van der Waals surface area contributed by atoms with Crippen LogP contribution in [0.4, 0.5) is 9.59 Å². The van der Waals surface area contributed by atoms with Gasteiger partial charge in [0, 0.05) is 18.4 Å². The number of imide groups is 2. The second-order valence-electron chi connectivity index (χ2n) is 19.2. The van der Waals surface area contributed by atoms with Crippen LogP contribution in [0.2, 0.25) is 0 Å². The number of alkyl carbamates (subject to hydrolysis) is 1. The van der Waals surface area contributed by atoms with Crippen molar-refractivity contribution >= 4 is 34.9 Å². The number of benzene rings is 6. The van der Waals surface area contributed by atoms with Crippen LogP contribution in [-0.2, 0) is 43.9 Å². The summed E-state index contributed by atoms with van der Waals surface area (Å²) in [5.74, 6) is 6.11. The summed E-state index contributed by atoms with van der Waals surface area (Å²) >= 11 is 0.990. The van der Waals surface area contributed by atoms with E-state index < -0.39 is 22.3 Å². The molecule has 6 aromatic carbocycles. The summed E-state index contributed by atoms with van der Waals surface area (Å²) in [5, 5.41) is 4.18. The highest BCUT2D eigenvalue weighted by Crippen LogP contribution is 2.42. The molecule has 13 nitrogen and oxygen atoms in total. The van der Waals surface area contributed by atoms with E-state index in [0.717, 1.165) is 95.1 Å². The number of aryl methyl sites for hydroxylation is 3. The van der Waals surface area contributed by atoms with Crippen molar-refractivity contribution in [1.29, 1.82) is 0 Å². The number of thioether (sulfide) groups is 1. The number of rotatable bonds is 24. The fraction of sp³-hybridized carbons (Fsp3) is 0.344. The summed E-state index contributed by atoms with van der Waals surface area (Å²) in [5.41, 5.74) is 4.74. The summed E-state index contributed by atoms with van der Waals surface area (Å²) < 4.78 is 40.2. The quantitative estimate of drug-likeness (QED) is 0.0554.